The maximum Gasteiger partial charge on any atom is 0.228 e. The summed E-state index contributed by atoms with van der Waals surface area (Å²) in [4.78, 5) is 16.4. The Hall–Kier alpha value is -1.36. The monoisotopic (exact) mass is 265 g/mol. The summed E-state index contributed by atoms with van der Waals surface area (Å²) in [6, 6.07) is 1.96. The van der Waals surface area contributed by atoms with Crippen molar-refractivity contribution in [2.45, 2.75) is 34.2 Å². The molecule has 0 spiro atoms. The molecule has 0 aromatic carbocycles. The number of nitrogens with zero attached hydrogens (tertiary/aromatic N) is 3. The Morgan fingerprint density at radius 2 is 1.95 bits per heavy atom. The fraction of sp³-hybridized carbons (Fsp3) is 0.714. The van der Waals surface area contributed by atoms with Gasteiger partial charge in [-0.2, -0.15) is 0 Å². The zero-order chi connectivity index (χ0) is 14.0. The van der Waals surface area contributed by atoms with Crippen molar-refractivity contribution in [3.63, 3.8) is 0 Å². The van der Waals surface area contributed by atoms with Crippen LogP contribution in [-0.2, 0) is 11.3 Å². The molecule has 19 heavy (non-hydrogen) atoms. The molecule has 0 N–H and O–H groups in total. The van der Waals surface area contributed by atoms with Crippen LogP contribution >= 0.6 is 0 Å². The van der Waals surface area contributed by atoms with E-state index in [4.69, 9.17) is 4.52 Å². The van der Waals surface area contributed by atoms with Gasteiger partial charge in [0.05, 0.1) is 5.69 Å². The highest BCUT2D eigenvalue weighted by Crippen LogP contribution is 2.19. The Labute approximate surface area is 114 Å². The second-order valence-electron chi connectivity index (χ2n) is 6.25. The summed E-state index contributed by atoms with van der Waals surface area (Å²) in [5.41, 5.74) is 0.680. The van der Waals surface area contributed by atoms with Gasteiger partial charge >= 0.3 is 0 Å². The summed E-state index contributed by atoms with van der Waals surface area (Å²) in [6.07, 6.45) is 0. The van der Waals surface area contributed by atoms with E-state index in [9.17, 15) is 4.79 Å². The second kappa shape index (κ2) is 5.33. The van der Waals surface area contributed by atoms with Crippen molar-refractivity contribution < 1.29 is 9.32 Å². The van der Waals surface area contributed by atoms with Crippen LogP contribution in [0.15, 0.2) is 10.6 Å². The third-order valence-electron chi connectivity index (χ3n) is 3.36. The normalized spacial score (nSPS) is 17.8. The number of carbonyl (C=O) groups is 1. The lowest BCUT2D eigenvalue weighted by Crippen LogP contribution is -2.51. The third-order valence-corrected chi connectivity index (χ3v) is 3.36. The Balaban J connectivity index is 1.84. The zero-order valence-corrected chi connectivity index (χ0v) is 12.3. The van der Waals surface area contributed by atoms with Crippen molar-refractivity contribution in [1.82, 2.24) is 15.0 Å². The van der Waals surface area contributed by atoms with Crippen LogP contribution in [0.3, 0.4) is 0 Å². The molecule has 1 aromatic rings. The number of piperazine rings is 1. The van der Waals surface area contributed by atoms with E-state index >= 15 is 0 Å². The Morgan fingerprint density at radius 1 is 1.32 bits per heavy atom. The third kappa shape index (κ3) is 3.56. The second-order valence-corrected chi connectivity index (χ2v) is 6.25. The molecule has 1 fully saturated rings. The van der Waals surface area contributed by atoms with Crippen LogP contribution in [-0.4, -0.2) is 47.0 Å². The van der Waals surface area contributed by atoms with Gasteiger partial charge in [0.1, 0.15) is 5.76 Å². The van der Waals surface area contributed by atoms with Crippen LogP contribution < -0.4 is 0 Å². The van der Waals surface area contributed by atoms with E-state index in [0.717, 1.165) is 44.2 Å². The van der Waals surface area contributed by atoms with Gasteiger partial charge in [-0.1, -0.05) is 25.9 Å². The number of carbonyl (C=O) groups excluding carboxylic acids is 1. The molecule has 1 aliphatic heterocycles. The summed E-state index contributed by atoms with van der Waals surface area (Å²) < 4.78 is 5.07. The largest absolute Gasteiger partial charge is 0.361 e. The van der Waals surface area contributed by atoms with Crippen LogP contribution in [0.4, 0.5) is 0 Å². The van der Waals surface area contributed by atoms with Gasteiger partial charge in [-0.05, 0) is 6.92 Å². The number of amides is 1. The van der Waals surface area contributed by atoms with E-state index in [1.54, 1.807) is 0 Å². The van der Waals surface area contributed by atoms with Gasteiger partial charge in [-0.15, -0.1) is 0 Å². The smallest absolute Gasteiger partial charge is 0.228 e. The fourth-order valence-electron chi connectivity index (χ4n) is 2.30. The molecule has 2 rings (SSSR count). The van der Waals surface area contributed by atoms with Gasteiger partial charge in [0, 0.05) is 44.2 Å². The molecule has 5 nitrogen and oxygen atoms in total. The van der Waals surface area contributed by atoms with E-state index in [1.165, 1.54) is 0 Å². The first kappa shape index (κ1) is 14.1. The number of aromatic nitrogens is 1. The average molecular weight is 265 g/mol. The van der Waals surface area contributed by atoms with E-state index in [0.29, 0.717) is 0 Å². The van der Waals surface area contributed by atoms with Crippen molar-refractivity contribution in [2.24, 2.45) is 5.41 Å². The van der Waals surface area contributed by atoms with Crippen molar-refractivity contribution in [2.75, 3.05) is 26.2 Å². The lowest BCUT2D eigenvalue weighted by molar-refractivity contribution is -0.141. The molecule has 0 bridgehead atoms. The molecule has 2 heterocycles. The highest BCUT2D eigenvalue weighted by Gasteiger charge is 2.29. The Kier molecular flexibility index (Phi) is 3.94. The molecule has 1 amide bonds. The topological polar surface area (TPSA) is 49.6 Å². The van der Waals surface area contributed by atoms with Crippen molar-refractivity contribution in [3.05, 3.63) is 17.5 Å². The molecule has 106 valence electrons. The number of hydrogen-bond acceptors (Lipinski definition) is 4. The van der Waals surface area contributed by atoms with E-state index in [-0.39, 0.29) is 11.3 Å². The van der Waals surface area contributed by atoms with Gasteiger partial charge in [-0.3, -0.25) is 9.69 Å². The molecule has 0 radical (unpaired) electrons. The van der Waals surface area contributed by atoms with Crippen LogP contribution in [0.2, 0.25) is 0 Å². The average Bonchev–Trinajstić information content (AvgIpc) is 2.74. The minimum atomic E-state index is -0.286. The van der Waals surface area contributed by atoms with Gasteiger partial charge in [-0.25, -0.2) is 0 Å². The molecule has 0 unspecified atom stereocenters. The van der Waals surface area contributed by atoms with E-state index in [1.807, 2.05) is 38.7 Å². The molecule has 0 aliphatic carbocycles. The number of hydrogen-bond donors (Lipinski definition) is 0. The predicted octanol–water partition coefficient (Wildman–Crippen LogP) is 1.67. The van der Waals surface area contributed by atoms with Crippen LogP contribution in [0, 0.1) is 12.3 Å². The summed E-state index contributed by atoms with van der Waals surface area (Å²) in [6.45, 7) is 12.0. The van der Waals surface area contributed by atoms with Crippen molar-refractivity contribution >= 4 is 5.91 Å². The molecule has 0 atom stereocenters. The van der Waals surface area contributed by atoms with Crippen LogP contribution in [0.1, 0.15) is 32.2 Å². The van der Waals surface area contributed by atoms with Gasteiger partial charge in [0.25, 0.3) is 0 Å². The Bertz CT molecular complexity index is 440. The molecule has 1 aliphatic rings. The van der Waals surface area contributed by atoms with Gasteiger partial charge < -0.3 is 9.42 Å². The number of aryl methyl sites for hydroxylation is 1. The lowest BCUT2D eigenvalue weighted by Gasteiger charge is -2.37. The molecule has 5 heteroatoms. The minimum absolute atomic E-state index is 0.240. The highest BCUT2D eigenvalue weighted by molar-refractivity contribution is 5.81. The van der Waals surface area contributed by atoms with Crippen LogP contribution in [0.5, 0.6) is 0 Å². The summed E-state index contributed by atoms with van der Waals surface area (Å²) >= 11 is 0. The van der Waals surface area contributed by atoms with Crippen molar-refractivity contribution in [3.8, 4) is 0 Å². The maximum absolute atomic E-state index is 12.2. The molecule has 1 aromatic heterocycles. The van der Waals surface area contributed by atoms with Crippen LogP contribution in [0.25, 0.3) is 0 Å². The quantitative estimate of drug-likeness (QED) is 0.816. The zero-order valence-electron chi connectivity index (χ0n) is 12.3. The SMILES string of the molecule is Cc1cc(CN2CCN(C(=O)C(C)(C)C)CC2)no1. The molecule has 0 saturated carbocycles. The van der Waals surface area contributed by atoms with Gasteiger partial charge in [0.2, 0.25) is 5.91 Å². The van der Waals surface area contributed by atoms with Gasteiger partial charge in [0.15, 0.2) is 0 Å². The lowest BCUT2D eigenvalue weighted by atomic mass is 9.94. The Morgan fingerprint density at radius 3 is 2.42 bits per heavy atom. The summed E-state index contributed by atoms with van der Waals surface area (Å²) in [7, 11) is 0. The predicted molar refractivity (Wildman–Crippen MR) is 72.6 cm³/mol. The fourth-order valence-corrected chi connectivity index (χ4v) is 2.30. The minimum Gasteiger partial charge on any atom is -0.361 e. The van der Waals surface area contributed by atoms with Crippen molar-refractivity contribution in [1.29, 1.82) is 0 Å². The molecule has 1 saturated heterocycles. The standard InChI is InChI=1S/C14H23N3O2/c1-11-9-12(15-19-11)10-16-5-7-17(8-6-16)13(18)14(2,3)4/h9H,5-8,10H2,1-4H3. The van der Waals surface area contributed by atoms with E-state index in [2.05, 4.69) is 10.1 Å². The first-order valence-electron chi connectivity index (χ1n) is 6.80. The maximum atomic E-state index is 12.2. The first-order chi connectivity index (χ1) is 8.86. The number of rotatable bonds is 2. The highest BCUT2D eigenvalue weighted by atomic mass is 16.5. The summed E-state index contributed by atoms with van der Waals surface area (Å²) in [5, 5.41) is 4.01. The van der Waals surface area contributed by atoms with E-state index < -0.39 is 0 Å². The molecular formula is C14H23N3O2. The summed E-state index contributed by atoms with van der Waals surface area (Å²) in [5.74, 6) is 1.08. The first-order valence-corrected chi connectivity index (χ1v) is 6.80. The molecular weight excluding hydrogens is 242 g/mol.